The summed E-state index contributed by atoms with van der Waals surface area (Å²) in [4.78, 5) is 10.5. The lowest BCUT2D eigenvalue weighted by Gasteiger charge is -2.22. The monoisotopic (exact) mass is 205 g/mol. The standard InChI is InChI=1S/C8H15NO5/c1-8(2)13-3-4(14-8)6(10)5(9)7(11)12/h4-6,10H,3,9H2,1-2H3,(H,11,12)/t4-,5+,6-/m0/s1. The van der Waals surface area contributed by atoms with Gasteiger partial charge in [0.25, 0.3) is 0 Å². The molecule has 0 aliphatic carbocycles. The average Bonchev–Trinajstić information content (AvgIpc) is 2.43. The van der Waals surface area contributed by atoms with E-state index in [0.29, 0.717) is 0 Å². The van der Waals surface area contributed by atoms with E-state index in [1.807, 2.05) is 0 Å². The van der Waals surface area contributed by atoms with E-state index in [1.165, 1.54) is 0 Å². The maximum Gasteiger partial charge on any atom is 0.323 e. The lowest BCUT2D eigenvalue weighted by atomic mass is 10.1. The van der Waals surface area contributed by atoms with E-state index < -0.39 is 30.0 Å². The fourth-order valence-electron chi connectivity index (χ4n) is 1.26. The van der Waals surface area contributed by atoms with Gasteiger partial charge < -0.3 is 25.4 Å². The summed E-state index contributed by atoms with van der Waals surface area (Å²) >= 11 is 0. The summed E-state index contributed by atoms with van der Waals surface area (Å²) in [6, 6.07) is -1.35. The van der Waals surface area contributed by atoms with Crippen LogP contribution in [0.2, 0.25) is 0 Å². The molecule has 0 saturated carbocycles. The molecule has 0 spiro atoms. The first kappa shape index (κ1) is 11.4. The molecule has 14 heavy (non-hydrogen) atoms. The van der Waals surface area contributed by atoms with Crippen molar-refractivity contribution in [1.82, 2.24) is 0 Å². The summed E-state index contributed by atoms with van der Waals surface area (Å²) in [7, 11) is 0. The quantitative estimate of drug-likeness (QED) is 0.541. The fraction of sp³-hybridized carbons (Fsp3) is 0.875. The second-order valence-corrected chi connectivity index (χ2v) is 3.72. The van der Waals surface area contributed by atoms with Crippen LogP contribution < -0.4 is 5.73 Å². The Labute approximate surface area is 81.6 Å². The van der Waals surface area contributed by atoms with Gasteiger partial charge in [-0.15, -0.1) is 0 Å². The number of rotatable bonds is 3. The van der Waals surface area contributed by atoms with Crippen molar-refractivity contribution < 1.29 is 24.5 Å². The van der Waals surface area contributed by atoms with Crippen LogP contribution in [-0.2, 0) is 14.3 Å². The van der Waals surface area contributed by atoms with E-state index in [9.17, 15) is 9.90 Å². The van der Waals surface area contributed by atoms with Crippen molar-refractivity contribution in [1.29, 1.82) is 0 Å². The number of hydrogen-bond acceptors (Lipinski definition) is 5. The van der Waals surface area contributed by atoms with Crippen LogP contribution in [0.4, 0.5) is 0 Å². The van der Waals surface area contributed by atoms with Gasteiger partial charge in [-0.05, 0) is 13.8 Å². The molecule has 1 rings (SSSR count). The van der Waals surface area contributed by atoms with Crippen molar-refractivity contribution in [3.63, 3.8) is 0 Å². The van der Waals surface area contributed by atoms with Gasteiger partial charge >= 0.3 is 5.97 Å². The molecule has 0 unspecified atom stereocenters. The predicted molar refractivity (Wildman–Crippen MR) is 46.5 cm³/mol. The zero-order chi connectivity index (χ0) is 10.9. The number of carbonyl (C=O) groups is 1. The lowest BCUT2D eigenvalue weighted by Crippen LogP contribution is -2.49. The number of hydrogen-bond donors (Lipinski definition) is 3. The molecule has 1 aliphatic rings. The topological polar surface area (TPSA) is 102 Å². The van der Waals surface area contributed by atoms with Crippen molar-refractivity contribution in [3.05, 3.63) is 0 Å². The van der Waals surface area contributed by atoms with Gasteiger partial charge in [0.2, 0.25) is 0 Å². The number of carboxylic acid groups (broad SMARTS) is 1. The third-order valence-electron chi connectivity index (χ3n) is 2.06. The molecular weight excluding hydrogens is 190 g/mol. The van der Waals surface area contributed by atoms with Gasteiger partial charge in [-0.3, -0.25) is 4.79 Å². The summed E-state index contributed by atoms with van der Waals surface area (Å²) in [5, 5.41) is 18.1. The number of aliphatic carboxylic acids is 1. The molecule has 1 fully saturated rings. The largest absolute Gasteiger partial charge is 0.480 e. The van der Waals surface area contributed by atoms with Crippen LogP contribution in [0.5, 0.6) is 0 Å². The van der Waals surface area contributed by atoms with Gasteiger partial charge in [0.05, 0.1) is 6.61 Å². The Morgan fingerprint density at radius 2 is 2.21 bits per heavy atom. The Bertz CT molecular complexity index is 230. The van der Waals surface area contributed by atoms with E-state index in [1.54, 1.807) is 13.8 Å². The molecule has 82 valence electrons. The van der Waals surface area contributed by atoms with Crippen LogP contribution in [0.3, 0.4) is 0 Å². The van der Waals surface area contributed by atoms with Gasteiger partial charge in [-0.1, -0.05) is 0 Å². The lowest BCUT2D eigenvalue weighted by molar-refractivity contribution is -0.159. The van der Waals surface area contributed by atoms with Crippen molar-refractivity contribution in [2.24, 2.45) is 5.73 Å². The van der Waals surface area contributed by atoms with Gasteiger partial charge in [0, 0.05) is 0 Å². The smallest absolute Gasteiger partial charge is 0.323 e. The van der Waals surface area contributed by atoms with Crippen LogP contribution in [0, 0.1) is 0 Å². The van der Waals surface area contributed by atoms with E-state index in [0.717, 1.165) is 0 Å². The SMILES string of the molecule is CC1(C)OC[C@@H]([C@H](O)[C@@H](N)C(=O)O)O1. The molecule has 0 radical (unpaired) electrons. The molecule has 4 N–H and O–H groups in total. The van der Waals surface area contributed by atoms with Crippen LogP contribution in [-0.4, -0.2) is 46.8 Å². The molecule has 0 amide bonds. The first-order valence-electron chi connectivity index (χ1n) is 4.32. The van der Waals surface area contributed by atoms with Gasteiger partial charge in [-0.2, -0.15) is 0 Å². The molecule has 3 atom stereocenters. The maximum absolute atomic E-state index is 10.5. The number of nitrogens with two attached hydrogens (primary N) is 1. The molecule has 1 aliphatic heterocycles. The zero-order valence-corrected chi connectivity index (χ0v) is 8.14. The normalized spacial score (nSPS) is 29.9. The Hall–Kier alpha value is -0.690. The highest BCUT2D eigenvalue weighted by atomic mass is 16.7. The van der Waals surface area contributed by atoms with E-state index in [-0.39, 0.29) is 6.61 Å². The molecule has 6 nitrogen and oxygen atoms in total. The number of aliphatic hydroxyl groups excluding tert-OH is 1. The molecule has 0 aromatic rings. The van der Waals surface area contributed by atoms with Crippen molar-refractivity contribution in [2.75, 3.05) is 6.61 Å². The predicted octanol–water partition coefficient (Wildman–Crippen LogP) is -1.09. The molecule has 0 aromatic carbocycles. The fourth-order valence-corrected chi connectivity index (χ4v) is 1.26. The number of carboxylic acids is 1. The van der Waals surface area contributed by atoms with Crippen molar-refractivity contribution in [2.45, 2.75) is 37.9 Å². The molecule has 1 saturated heterocycles. The average molecular weight is 205 g/mol. The van der Waals surface area contributed by atoms with Crippen molar-refractivity contribution in [3.8, 4) is 0 Å². The van der Waals surface area contributed by atoms with Crippen molar-refractivity contribution >= 4 is 5.97 Å². The third-order valence-corrected chi connectivity index (χ3v) is 2.06. The van der Waals surface area contributed by atoms with E-state index >= 15 is 0 Å². The second kappa shape index (κ2) is 3.82. The molecule has 6 heteroatoms. The van der Waals surface area contributed by atoms with Crippen LogP contribution in [0.1, 0.15) is 13.8 Å². The minimum absolute atomic E-state index is 0.148. The zero-order valence-electron chi connectivity index (χ0n) is 8.14. The van der Waals surface area contributed by atoms with Gasteiger partial charge in [0.15, 0.2) is 5.79 Å². The Morgan fingerprint density at radius 1 is 1.64 bits per heavy atom. The summed E-state index contributed by atoms with van der Waals surface area (Å²) in [5.41, 5.74) is 5.24. The Balaban J connectivity index is 2.55. The van der Waals surface area contributed by atoms with E-state index in [2.05, 4.69) is 0 Å². The van der Waals surface area contributed by atoms with Gasteiger partial charge in [-0.25, -0.2) is 0 Å². The summed E-state index contributed by atoms with van der Waals surface area (Å²) < 4.78 is 10.4. The highest BCUT2D eigenvalue weighted by Crippen LogP contribution is 2.24. The summed E-state index contributed by atoms with van der Waals surface area (Å²) in [6.45, 7) is 3.52. The van der Waals surface area contributed by atoms with Crippen LogP contribution in [0.25, 0.3) is 0 Å². The summed E-state index contributed by atoms with van der Waals surface area (Å²) in [6.07, 6.45) is -1.94. The van der Waals surface area contributed by atoms with Crippen LogP contribution in [0.15, 0.2) is 0 Å². The molecule has 0 bridgehead atoms. The highest BCUT2D eigenvalue weighted by Gasteiger charge is 2.40. The number of ether oxygens (including phenoxy) is 2. The molecular formula is C8H15NO5. The minimum atomic E-state index is -1.35. The van der Waals surface area contributed by atoms with Gasteiger partial charge in [0.1, 0.15) is 18.2 Å². The number of aliphatic hydroxyl groups is 1. The maximum atomic E-state index is 10.5. The minimum Gasteiger partial charge on any atom is -0.480 e. The Kier molecular flexibility index (Phi) is 3.10. The first-order valence-corrected chi connectivity index (χ1v) is 4.32. The molecule has 1 heterocycles. The third kappa shape index (κ3) is 2.42. The first-order chi connectivity index (χ1) is 6.33. The second-order valence-electron chi connectivity index (χ2n) is 3.72. The van der Waals surface area contributed by atoms with E-state index in [4.69, 9.17) is 20.3 Å². The summed E-state index contributed by atoms with van der Waals surface area (Å²) in [5.74, 6) is -2.05. The highest BCUT2D eigenvalue weighted by molar-refractivity contribution is 5.74. The molecule has 0 aromatic heterocycles. The Morgan fingerprint density at radius 3 is 2.57 bits per heavy atom. The van der Waals surface area contributed by atoms with Crippen LogP contribution >= 0.6 is 0 Å².